The standard InChI is InChI=1S/C7H3ClF2O2/c8-6-4(7(11)12)1-3(9)2-5(6)10/h1-2H,(H,11,12). The van der Waals surface area contributed by atoms with Crippen LogP contribution in [0.3, 0.4) is 0 Å². The van der Waals surface area contributed by atoms with Crippen LogP contribution in [0.25, 0.3) is 0 Å². The second-order valence-electron chi connectivity index (χ2n) is 2.05. The van der Waals surface area contributed by atoms with Gasteiger partial charge in [-0.15, -0.1) is 0 Å². The van der Waals surface area contributed by atoms with E-state index in [2.05, 4.69) is 0 Å². The summed E-state index contributed by atoms with van der Waals surface area (Å²) in [5.41, 5.74) is -0.575. The van der Waals surface area contributed by atoms with Crippen LogP contribution in [0.4, 0.5) is 8.78 Å². The summed E-state index contributed by atoms with van der Waals surface area (Å²) in [6.07, 6.45) is 0. The highest BCUT2D eigenvalue weighted by Crippen LogP contribution is 2.21. The van der Waals surface area contributed by atoms with Gasteiger partial charge in [0.05, 0.1) is 10.6 Å². The maximum Gasteiger partial charge on any atom is 0.337 e. The molecule has 1 rings (SSSR count). The van der Waals surface area contributed by atoms with E-state index < -0.39 is 28.2 Å². The summed E-state index contributed by atoms with van der Waals surface area (Å²) < 4.78 is 25.0. The molecule has 0 spiro atoms. The molecule has 0 bridgehead atoms. The van der Waals surface area contributed by atoms with Crippen LogP contribution in [0.5, 0.6) is 0 Å². The van der Waals surface area contributed by atoms with E-state index in [0.717, 1.165) is 0 Å². The van der Waals surface area contributed by atoms with Crippen molar-refractivity contribution in [1.82, 2.24) is 0 Å². The first-order chi connectivity index (χ1) is 5.52. The molecule has 0 unspecified atom stereocenters. The Hall–Kier alpha value is -1.16. The third-order valence-corrected chi connectivity index (χ3v) is 1.61. The third kappa shape index (κ3) is 1.53. The maximum atomic E-state index is 12.6. The molecule has 0 atom stereocenters. The van der Waals surface area contributed by atoms with Gasteiger partial charge in [0.1, 0.15) is 11.6 Å². The van der Waals surface area contributed by atoms with Gasteiger partial charge in [0, 0.05) is 6.07 Å². The Morgan fingerprint density at radius 3 is 2.50 bits per heavy atom. The molecule has 0 heterocycles. The summed E-state index contributed by atoms with van der Waals surface area (Å²) in [6.45, 7) is 0. The fraction of sp³-hybridized carbons (Fsp3) is 0. The molecule has 1 N–H and O–H groups in total. The number of rotatable bonds is 1. The van der Waals surface area contributed by atoms with E-state index in [0.29, 0.717) is 12.1 Å². The molecule has 0 aliphatic heterocycles. The largest absolute Gasteiger partial charge is 0.478 e. The Morgan fingerprint density at radius 1 is 1.42 bits per heavy atom. The molecule has 5 heteroatoms. The number of carbonyl (C=O) groups is 1. The highest BCUT2D eigenvalue weighted by atomic mass is 35.5. The van der Waals surface area contributed by atoms with Gasteiger partial charge in [0.15, 0.2) is 0 Å². The van der Waals surface area contributed by atoms with Crippen molar-refractivity contribution in [1.29, 1.82) is 0 Å². The van der Waals surface area contributed by atoms with Crippen molar-refractivity contribution in [3.63, 3.8) is 0 Å². The van der Waals surface area contributed by atoms with Crippen LogP contribution in [0.15, 0.2) is 12.1 Å². The monoisotopic (exact) mass is 192 g/mol. The minimum absolute atomic E-state index is 0.523. The fourth-order valence-corrected chi connectivity index (χ4v) is 0.902. The van der Waals surface area contributed by atoms with Crippen molar-refractivity contribution in [3.8, 4) is 0 Å². The summed E-state index contributed by atoms with van der Waals surface area (Å²) in [6, 6.07) is 1.18. The zero-order valence-corrected chi connectivity index (χ0v) is 6.40. The molecule has 0 radical (unpaired) electrons. The molecule has 1 aromatic rings. The van der Waals surface area contributed by atoms with Crippen LogP contribution >= 0.6 is 11.6 Å². The maximum absolute atomic E-state index is 12.6. The number of carboxylic acid groups (broad SMARTS) is 1. The molecular formula is C7H3ClF2O2. The lowest BCUT2D eigenvalue weighted by molar-refractivity contribution is 0.0696. The average molecular weight is 193 g/mol. The molecule has 12 heavy (non-hydrogen) atoms. The van der Waals surface area contributed by atoms with Gasteiger partial charge < -0.3 is 5.11 Å². The molecule has 0 aromatic heterocycles. The van der Waals surface area contributed by atoms with E-state index in [1.54, 1.807) is 0 Å². The topological polar surface area (TPSA) is 37.3 Å². The number of hydrogen-bond donors (Lipinski definition) is 1. The van der Waals surface area contributed by atoms with E-state index in [1.807, 2.05) is 0 Å². The van der Waals surface area contributed by atoms with Crippen molar-refractivity contribution in [3.05, 3.63) is 34.4 Å². The van der Waals surface area contributed by atoms with Crippen LogP contribution < -0.4 is 0 Å². The summed E-state index contributed by atoms with van der Waals surface area (Å²) in [7, 11) is 0. The summed E-state index contributed by atoms with van der Waals surface area (Å²) in [4.78, 5) is 10.3. The second-order valence-corrected chi connectivity index (χ2v) is 2.43. The van der Waals surface area contributed by atoms with Crippen molar-refractivity contribution in [2.24, 2.45) is 0 Å². The zero-order chi connectivity index (χ0) is 9.30. The van der Waals surface area contributed by atoms with E-state index in [9.17, 15) is 13.6 Å². The van der Waals surface area contributed by atoms with Gasteiger partial charge in [0.25, 0.3) is 0 Å². The van der Waals surface area contributed by atoms with Gasteiger partial charge in [0.2, 0.25) is 0 Å². The van der Waals surface area contributed by atoms with Crippen LogP contribution in [0.1, 0.15) is 10.4 Å². The predicted octanol–water partition coefficient (Wildman–Crippen LogP) is 2.32. The molecule has 64 valence electrons. The highest BCUT2D eigenvalue weighted by molar-refractivity contribution is 6.33. The van der Waals surface area contributed by atoms with Crippen LogP contribution in [0, 0.1) is 11.6 Å². The summed E-state index contributed by atoms with van der Waals surface area (Å²) >= 11 is 5.24. The van der Waals surface area contributed by atoms with E-state index in [1.165, 1.54) is 0 Å². The third-order valence-electron chi connectivity index (χ3n) is 1.22. The smallest absolute Gasteiger partial charge is 0.337 e. The van der Waals surface area contributed by atoms with Crippen LogP contribution in [-0.4, -0.2) is 11.1 Å². The molecular weight excluding hydrogens is 190 g/mol. The minimum Gasteiger partial charge on any atom is -0.478 e. The predicted molar refractivity (Wildman–Crippen MR) is 38.3 cm³/mol. The molecule has 0 saturated heterocycles. The average Bonchev–Trinajstić information content (AvgIpc) is 1.96. The molecule has 0 aliphatic rings. The molecule has 0 saturated carbocycles. The van der Waals surface area contributed by atoms with Crippen LogP contribution in [0.2, 0.25) is 5.02 Å². The quantitative estimate of drug-likeness (QED) is 0.694. The number of hydrogen-bond acceptors (Lipinski definition) is 1. The van der Waals surface area contributed by atoms with Gasteiger partial charge in [-0.05, 0) is 6.07 Å². The number of halogens is 3. The van der Waals surface area contributed by atoms with Gasteiger partial charge in [-0.1, -0.05) is 11.6 Å². The Bertz CT molecular complexity index is 338. The second kappa shape index (κ2) is 3.06. The van der Waals surface area contributed by atoms with Gasteiger partial charge in [-0.2, -0.15) is 0 Å². The first-order valence-electron chi connectivity index (χ1n) is 2.90. The normalized spacial score (nSPS) is 9.92. The molecule has 2 nitrogen and oxygen atoms in total. The van der Waals surface area contributed by atoms with Crippen molar-refractivity contribution in [2.75, 3.05) is 0 Å². The SMILES string of the molecule is O=C(O)c1cc(F)cc(F)c1Cl. The van der Waals surface area contributed by atoms with E-state index in [4.69, 9.17) is 16.7 Å². The Kier molecular flexibility index (Phi) is 2.28. The van der Waals surface area contributed by atoms with Gasteiger partial charge in [-0.3, -0.25) is 0 Å². The Morgan fingerprint density at radius 2 is 2.00 bits per heavy atom. The molecule has 0 amide bonds. The van der Waals surface area contributed by atoms with Crippen molar-refractivity contribution in [2.45, 2.75) is 0 Å². The highest BCUT2D eigenvalue weighted by Gasteiger charge is 2.14. The van der Waals surface area contributed by atoms with Crippen LogP contribution in [-0.2, 0) is 0 Å². The lowest BCUT2D eigenvalue weighted by Crippen LogP contribution is -2.00. The molecule has 1 aromatic carbocycles. The zero-order valence-electron chi connectivity index (χ0n) is 5.64. The number of benzene rings is 1. The summed E-state index contributed by atoms with van der Waals surface area (Å²) in [5.74, 6) is -3.50. The van der Waals surface area contributed by atoms with Gasteiger partial charge >= 0.3 is 5.97 Å². The first kappa shape index (κ1) is 8.93. The lowest BCUT2D eigenvalue weighted by atomic mass is 10.2. The summed E-state index contributed by atoms with van der Waals surface area (Å²) in [5, 5.41) is 7.82. The van der Waals surface area contributed by atoms with Gasteiger partial charge in [-0.25, -0.2) is 13.6 Å². The lowest BCUT2D eigenvalue weighted by Gasteiger charge is -1.99. The number of aromatic carboxylic acids is 1. The van der Waals surface area contributed by atoms with Crippen molar-refractivity contribution >= 4 is 17.6 Å². The van der Waals surface area contributed by atoms with E-state index in [-0.39, 0.29) is 0 Å². The fourth-order valence-electron chi connectivity index (χ4n) is 0.712. The molecule has 0 aliphatic carbocycles. The Labute approximate surface area is 71.4 Å². The van der Waals surface area contributed by atoms with E-state index >= 15 is 0 Å². The molecule has 0 fully saturated rings. The van der Waals surface area contributed by atoms with Crippen molar-refractivity contribution < 1.29 is 18.7 Å². The number of carboxylic acids is 1. The Balaban J connectivity index is 3.37. The minimum atomic E-state index is -1.46. The first-order valence-corrected chi connectivity index (χ1v) is 3.28.